The number of anilines is 3. The summed E-state index contributed by atoms with van der Waals surface area (Å²) in [5, 5.41) is 8.71. The predicted molar refractivity (Wildman–Crippen MR) is 145 cm³/mol. The zero-order valence-corrected chi connectivity index (χ0v) is 20.6. The summed E-state index contributed by atoms with van der Waals surface area (Å²) in [6.45, 7) is 1.92. The Balaban J connectivity index is 1.45. The third-order valence-corrected chi connectivity index (χ3v) is 6.85. The van der Waals surface area contributed by atoms with Gasteiger partial charge in [-0.1, -0.05) is 66.2 Å². The molecule has 0 aromatic heterocycles. The first-order valence-electron chi connectivity index (χ1n) is 11.0. The van der Waals surface area contributed by atoms with Crippen molar-refractivity contribution >= 4 is 52.4 Å². The number of hydrogen-bond donors (Lipinski definition) is 3. The molecule has 0 spiro atoms. The summed E-state index contributed by atoms with van der Waals surface area (Å²) in [5.41, 5.74) is 3.85. The maximum atomic E-state index is 13.3. The quantitative estimate of drug-likeness (QED) is 0.226. The van der Waals surface area contributed by atoms with E-state index in [9.17, 15) is 9.59 Å². The minimum absolute atomic E-state index is 0.148. The van der Waals surface area contributed by atoms with Crippen molar-refractivity contribution < 1.29 is 9.59 Å². The second-order valence-corrected chi connectivity index (χ2v) is 9.42. The van der Waals surface area contributed by atoms with Gasteiger partial charge < -0.3 is 16.0 Å². The van der Waals surface area contributed by atoms with Crippen molar-refractivity contribution in [3.63, 3.8) is 0 Å². The summed E-state index contributed by atoms with van der Waals surface area (Å²) in [4.78, 5) is 26.4. The number of rotatable bonds is 7. The Morgan fingerprint density at radius 2 is 1.29 bits per heavy atom. The van der Waals surface area contributed by atoms with Gasteiger partial charge >= 0.3 is 6.03 Å². The summed E-state index contributed by atoms with van der Waals surface area (Å²) in [6.07, 6.45) is 0. The Morgan fingerprint density at radius 3 is 1.91 bits per heavy atom. The molecule has 7 heteroatoms. The van der Waals surface area contributed by atoms with Crippen LogP contribution in [0.5, 0.6) is 0 Å². The van der Waals surface area contributed by atoms with Gasteiger partial charge in [-0.15, -0.1) is 11.8 Å². The average molecular weight is 502 g/mol. The minimum Gasteiger partial charge on any atom is -0.325 e. The van der Waals surface area contributed by atoms with Gasteiger partial charge in [-0.3, -0.25) is 4.79 Å². The van der Waals surface area contributed by atoms with Gasteiger partial charge in [-0.05, 0) is 66.6 Å². The topological polar surface area (TPSA) is 70.2 Å². The molecule has 0 fully saturated rings. The zero-order valence-electron chi connectivity index (χ0n) is 19.0. The van der Waals surface area contributed by atoms with Crippen molar-refractivity contribution in [2.75, 3.05) is 16.0 Å². The Bertz CT molecular complexity index is 1300. The summed E-state index contributed by atoms with van der Waals surface area (Å²) < 4.78 is 0. The Morgan fingerprint density at radius 1 is 0.714 bits per heavy atom. The predicted octanol–water partition coefficient (Wildman–Crippen LogP) is 7.76. The second-order valence-electron chi connectivity index (χ2n) is 7.83. The number of halogens is 1. The summed E-state index contributed by atoms with van der Waals surface area (Å²) >= 11 is 7.66. The highest BCUT2D eigenvalue weighted by Gasteiger charge is 2.22. The molecule has 0 radical (unpaired) electrons. The molecule has 0 bridgehead atoms. The molecule has 0 saturated heterocycles. The maximum Gasteiger partial charge on any atom is 0.323 e. The highest BCUT2D eigenvalue weighted by Crippen LogP contribution is 2.37. The molecule has 0 aliphatic carbocycles. The molecule has 1 atom stereocenters. The monoisotopic (exact) mass is 501 g/mol. The van der Waals surface area contributed by atoms with Crippen LogP contribution in [-0.2, 0) is 4.79 Å². The van der Waals surface area contributed by atoms with Gasteiger partial charge in [-0.2, -0.15) is 0 Å². The van der Waals surface area contributed by atoms with E-state index in [4.69, 9.17) is 11.6 Å². The minimum atomic E-state index is -0.475. The molecular weight excluding hydrogens is 478 g/mol. The van der Waals surface area contributed by atoms with E-state index in [0.29, 0.717) is 22.1 Å². The normalized spacial score (nSPS) is 11.4. The Kier molecular flexibility index (Phi) is 8.08. The molecule has 5 nitrogen and oxygen atoms in total. The molecule has 0 aliphatic rings. The number of nitrogens with one attached hydrogen (secondary N) is 3. The number of hydrogen-bond acceptors (Lipinski definition) is 3. The molecule has 0 heterocycles. The fourth-order valence-corrected chi connectivity index (χ4v) is 4.55. The van der Waals surface area contributed by atoms with Crippen molar-refractivity contribution in [3.05, 3.63) is 119 Å². The van der Waals surface area contributed by atoms with Crippen LogP contribution in [0, 0.1) is 6.92 Å². The van der Waals surface area contributed by atoms with Crippen LogP contribution >= 0.6 is 23.4 Å². The largest absolute Gasteiger partial charge is 0.325 e. The van der Waals surface area contributed by atoms with Gasteiger partial charge in [0.05, 0.1) is 0 Å². The average Bonchev–Trinajstić information content (AvgIpc) is 2.87. The first-order chi connectivity index (χ1) is 17.0. The van der Waals surface area contributed by atoms with Gasteiger partial charge in [0.2, 0.25) is 5.91 Å². The van der Waals surface area contributed by atoms with Crippen LogP contribution in [0.25, 0.3) is 0 Å². The van der Waals surface area contributed by atoms with Crippen LogP contribution in [0.4, 0.5) is 21.9 Å². The summed E-state index contributed by atoms with van der Waals surface area (Å²) in [5.74, 6) is -0.148. The first kappa shape index (κ1) is 24.4. The zero-order chi connectivity index (χ0) is 24.6. The lowest BCUT2D eigenvalue weighted by Gasteiger charge is -2.18. The van der Waals surface area contributed by atoms with Gasteiger partial charge in [0.25, 0.3) is 0 Å². The van der Waals surface area contributed by atoms with Crippen LogP contribution < -0.4 is 16.0 Å². The fourth-order valence-electron chi connectivity index (χ4n) is 3.35. The van der Waals surface area contributed by atoms with Gasteiger partial charge in [-0.25, -0.2) is 4.79 Å². The third kappa shape index (κ3) is 6.88. The van der Waals surface area contributed by atoms with Crippen molar-refractivity contribution in [1.29, 1.82) is 0 Å². The van der Waals surface area contributed by atoms with E-state index in [2.05, 4.69) is 16.0 Å². The van der Waals surface area contributed by atoms with Crippen LogP contribution in [0.1, 0.15) is 16.4 Å². The maximum absolute atomic E-state index is 13.3. The van der Waals surface area contributed by atoms with Crippen LogP contribution in [0.3, 0.4) is 0 Å². The van der Waals surface area contributed by atoms with E-state index >= 15 is 0 Å². The summed E-state index contributed by atoms with van der Waals surface area (Å²) in [6, 6.07) is 31.4. The number of carbonyl (C=O) groups is 2. The number of urea groups is 1. The number of carbonyl (C=O) groups excluding carboxylic acids is 2. The second kappa shape index (κ2) is 11.6. The standard InChI is InChI=1S/C28H24ClN3O2S/c1-19-12-13-23(18-25(19)29)30-27(33)26(20-8-4-2-5-9-20)35-24-16-14-22(15-17-24)32-28(34)31-21-10-6-3-7-11-21/h2-18,26H,1H3,(H,30,33)(H2,31,32,34). The molecule has 0 aliphatic heterocycles. The molecular formula is C28H24ClN3O2S. The Labute approximate surface area is 213 Å². The molecule has 176 valence electrons. The van der Waals surface area contributed by atoms with Crippen LogP contribution in [0.2, 0.25) is 5.02 Å². The van der Waals surface area contributed by atoms with Crippen LogP contribution in [0.15, 0.2) is 108 Å². The fraction of sp³-hybridized carbons (Fsp3) is 0.0714. The van der Waals surface area contributed by atoms with E-state index in [1.54, 1.807) is 6.07 Å². The number of benzene rings is 4. The molecule has 4 aromatic rings. The van der Waals surface area contributed by atoms with Gasteiger partial charge in [0.1, 0.15) is 5.25 Å². The van der Waals surface area contributed by atoms with Gasteiger partial charge in [0, 0.05) is 27.0 Å². The number of aryl methyl sites for hydroxylation is 1. The van der Waals surface area contributed by atoms with Crippen molar-refractivity contribution in [2.45, 2.75) is 17.1 Å². The van der Waals surface area contributed by atoms with Crippen LogP contribution in [-0.4, -0.2) is 11.9 Å². The Hall–Kier alpha value is -3.74. The molecule has 4 rings (SSSR count). The number of amides is 3. The van der Waals surface area contributed by atoms with E-state index < -0.39 is 5.25 Å². The van der Waals surface area contributed by atoms with E-state index in [1.807, 2.05) is 104 Å². The van der Waals surface area contributed by atoms with Gasteiger partial charge in [0.15, 0.2) is 0 Å². The third-order valence-electron chi connectivity index (χ3n) is 5.18. The highest BCUT2D eigenvalue weighted by molar-refractivity contribution is 8.00. The van der Waals surface area contributed by atoms with Crippen molar-refractivity contribution in [3.8, 4) is 0 Å². The SMILES string of the molecule is Cc1ccc(NC(=O)C(Sc2ccc(NC(=O)Nc3ccccc3)cc2)c2ccccc2)cc1Cl. The van der Waals surface area contributed by atoms with E-state index in [0.717, 1.165) is 16.0 Å². The lowest BCUT2D eigenvalue weighted by molar-refractivity contribution is -0.115. The highest BCUT2D eigenvalue weighted by atomic mass is 35.5. The molecule has 3 N–H and O–H groups in total. The number of thioether (sulfide) groups is 1. The molecule has 0 saturated carbocycles. The number of para-hydroxylation sites is 1. The van der Waals surface area contributed by atoms with Crippen molar-refractivity contribution in [2.24, 2.45) is 0 Å². The smallest absolute Gasteiger partial charge is 0.323 e. The van der Waals surface area contributed by atoms with E-state index in [1.165, 1.54) is 11.8 Å². The lowest BCUT2D eigenvalue weighted by Crippen LogP contribution is -2.19. The molecule has 4 aromatic carbocycles. The summed E-state index contributed by atoms with van der Waals surface area (Å²) in [7, 11) is 0. The van der Waals surface area contributed by atoms with Crippen molar-refractivity contribution in [1.82, 2.24) is 0 Å². The molecule has 1 unspecified atom stereocenters. The molecule has 3 amide bonds. The first-order valence-corrected chi connectivity index (χ1v) is 12.3. The van der Waals surface area contributed by atoms with E-state index in [-0.39, 0.29) is 11.9 Å². The lowest BCUT2D eigenvalue weighted by atomic mass is 10.1. The molecule has 35 heavy (non-hydrogen) atoms.